The van der Waals surface area contributed by atoms with E-state index in [4.69, 9.17) is 5.73 Å². The Kier molecular flexibility index (Phi) is 5.50. The van der Waals surface area contributed by atoms with Gasteiger partial charge < -0.3 is 5.73 Å². The van der Waals surface area contributed by atoms with Crippen LogP contribution in [0, 0.1) is 5.82 Å². The van der Waals surface area contributed by atoms with Gasteiger partial charge in [0.1, 0.15) is 5.82 Å². The molecule has 2 nitrogen and oxygen atoms in total. The highest BCUT2D eigenvalue weighted by Gasteiger charge is 2.33. The van der Waals surface area contributed by atoms with Crippen molar-refractivity contribution in [2.24, 2.45) is 5.73 Å². The van der Waals surface area contributed by atoms with Crippen molar-refractivity contribution in [1.29, 1.82) is 0 Å². The van der Waals surface area contributed by atoms with Gasteiger partial charge in [-0.3, -0.25) is 4.90 Å². The Balaban J connectivity index is 3.20. The maximum Gasteiger partial charge on any atom is 0.128 e. The van der Waals surface area contributed by atoms with Gasteiger partial charge in [0, 0.05) is 17.1 Å². The highest BCUT2D eigenvalue weighted by atomic mass is 19.1. The van der Waals surface area contributed by atoms with Crippen LogP contribution in [0.3, 0.4) is 0 Å². The average molecular weight is 266 g/mol. The highest BCUT2D eigenvalue weighted by molar-refractivity contribution is 5.23. The molecule has 1 aromatic carbocycles. The molecule has 0 saturated carbocycles. The smallest absolute Gasteiger partial charge is 0.128 e. The number of hydrogen-bond acceptors (Lipinski definition) is 2. The summed E-state index contributed by atoms with van der Waals surface area (Å²) in [6.07, 6.45) is 1.81. The minimum absolute atomic E-state index is 0.0141. The monoisotopic (exact) mass is 266 g/mol. The lowest BCUT2D eigenvalue weighted by molar-refractivity contribution is 0.0786. The number of halogens is 1. The minimum Gasteiger partial charge on any atom is -0.326 e. The number of hydrogen-bond donors (Lipinski definition) is 1. The van der Waals surface area contributed by atoms with Crippen molar-refractivity contribution in [1.82, 2.24) is 4.90 Å². The van der Waals surface area contributed by atoms with Crippen molar-refractivity contribution in [3.8, 4) is 0 Å². The predicted octanol–water partition coefficient (Wildman–Crippen LogP) is 3.72. The first kappa shape index (κ1) is 16.1. The van der Waals surface area contributed by atoms with Gasteiger partial charge in [-0.15, -0.1) is 0 Å². The molecule has 2 atom stereocenters. The summed E-state index contributed by atoms with van der Waals surface area (Å²) >= 11 is 0. The second-order valence-electron chi connectivity index (χ2n) is 5.82. The van der Waals surface area contributed by atoms with Crippen molar-refractivity contribution >= 4 is 0 Å². The second-order valence-corrected chi connectivity index (χ2v) is 5.82. The van der Waals surface area contributed by atoms with Crippen LogP contribution in [0.25, 0.3) is 0 Å². The average Bonchev–Trinajstić information content (AvgIpc) is 2.40. The molecule has 3 heteroatoms. The van der Waals surface area contributed by atoms with Gasteiger partial charge in [0.25, 0.3) is 0 Å². The van der Waals surface area contributed by atoms with E-state index in [2.05, 4.69) is 25.7 Å². The molecule has 0 heterocycles. The zero-order valence-electron chi connectivity index (χ0n) is 12.8. The molecule has 0 aliphatic heterocycles. The van der Waals surface area contributed by atoms with Crippen LogP contribution in [0.4, 0.5) is 4.39 Å². The topological polar surface area (TPSA) is 29.3 Å². The highest BCUT2D eigenvalue weighted by Crippen LogP contribution is 2.32. The third kappa shape index (κ3) is 3.54. The molecule has 0 aliphatic rings. The molecular weight excluding hydrogens is 239 g/mol. The lowest BCUT2D eigenvalue weighted by Gasteiger charge is -2.43. The molecule has 108 valence electrons. The van der Waals surface area contributed by atoms with Gasteiger partial charge in [-0.2, -0.15) is 0 Å². The van der Waals surface area contributed by atoms with E-state index in [0.717, 1.165) is 12.8 Å². The van der Waals surface area contributed by atoms with E-state index in [1.165, 1.54) is 6.07 Å². The van der Waals surface area contributed by atoms with Gasteiger partial charge in [-0.05, 0) is 39.8 Å². The normalized spacial score (nSPS) is 15.6. The van der Waals surface area contributed by atoms with Gasteiger partial charge >= 0.3 is 0 Å². The Morgan fingerprint density at radius 2 is 1.84 bits per heavy atom. The molecule has 0 fully saturated rings. The van der Waals surface area contributed by atoms with Crippen molar-refractivity contribution < 1.29 is 4.39 Å². The van der Waals surface area contributed by atoms with Crippen LogP contribution in [0.1, 0.15) is 52.1 Å². The van der Waals surface area contributed by atoms with E-state index in [0.29, 0.717) is 5.56 Å². The maximum atomic E-state index is 14.1. The zero-order chi connectivity index (χ0) is 14.6. The number of benzene rings is 1. The number of nitrogens with zero attached hydrogens (tertiary/aromatic N) is 1. The summed E-state index contributed by atoms with van der Waals surface area (Å²) in [5.41, 5.74) is 6.94. The van der Waals surface area contributed by atoms with Crippen LogP contribution in [0.2, 0.25) is 0 Å². The first-order chi connectivity index (χ1) is 8.85. The van der Waals surface area contributed by atoms with Crippen LogP contribution in [0.5, 0.6) is 0 Å². The summed E-state index contributed by atoms with van der Waals surface area (Å²) in [4.78, 5) is 2.21. The fourth-order valence-electron chi connectivity index (χ4n) is 2.29. The van der Waals surface area contributed by atoms with Gasteiger partial charge in [0.05, 0.1) is 6.04 Å². The molecule has 0 saturated heterocycles. The van der Waals surface area contributed by atoms with Crippen molar-refractivity contribution in [3.05, 3.63) is 35.6 Å². The summed E-state index contributed by atoms with van der Waals surface area (Å²) in [6.45, 7) is 8.53. The Hall–Kier alpha value is -0.930. The Morgan fingerprint density at radius 3 is 2.32 bits per heavy atom. The molecule has 0 amide bonds. The fraction of sp³-hybridized carbons (Fsp3) is 0.625. The molecule has 0 bridgehead atoms. The molecule has 1 rings (SSSR count). The first-order valence-electron chi connectivity index (χ1n) is 7.08. The predicted molar refractivity (Wildman–Crippen MR) is 79.5 cm³/mol. The van der Waals surface area contributed by atoms with Gasteiger partial charge in [0.2, 0.25) is 0 Å². The first-order valence-corrected chi connectivity index (χ1v) is 7.08. The molecule has 0 aromatic heterocycles. The number of likely N-dealkylation sites (N-methyl/N-ethyl adjacent to an activating group) is 1. The quantitative estimate of drug-likeness (QED) is 0.850. The summed E-state index contributed by atoms with van der Waals surface area (Å²) in [5, 5.41) is 0. The van der Waals surface area contributed by atoms with Crippen LogP contribution < -0.4 is 5.73 Å². The maximum absolute atomic E-state index is 14.1. The van der Waals surface area contributed by atoms with E-state index in [1.54, 1.807) is 6.07 Å². The number of rotatable bonds is 6. The standard InChI is InChI=1S/C16H27FN2/c1-6-14(18)15(19(5)16(3,4)7-2)12-10-8-9-11-13(12)17/h8-11,14-15H,6-7,18H2,1-5H3. The van der Waals surface area contributed by atoms with Gasteiger partial charge in [0.15, 0.2) is 0 Å². The Labute approximate surface area is 116 Å². The molecule has 0 radical (unpaired) electrons. The molecule has 0 spiro atoms. The third-order valence-corrected chi connectivity index (χ3v) is 4.34. The number of nitrogens with two attached hydrogens (primary N) is 1. The summed E-state index contributed by atoms with van der Waals surface area (Å²) in [5.74, 6) is -0.171. The summed E-state index contributed by atoms with van der Waals surface area (Å²) in [6, 6.07) is 6.78. The van der Waals surface area contributed by atoms with Crippen molar-refractivity contribution in [3.63, 3.8) is 0 Å². The van der Waals surface area contributed by atoms with Crippen LogP contribution in [-0.4, -0.2) is 23.5 Å². The minimum atomic E-state index is -0.171. The summed E-state index contributed by atoms with van der Waals surface area (Å²) < 4.78 is 14.1. The van der Waals surface area contributed by atoms with Gasteiger partial charge in [-0.25, -0.2) is 4.39 Å². The lowest BCUT2D eigenvalue weighted by atomic mass is 9.90. The van der Waals surface area contributed by atoms with Crippen LogP contribution in [0.15, 0.2) is 24.3 Å². The fourth-order valence-corrected chi connectivity index (χ4v) is 2.29. The van der Waals surface area contributed by atoms with E-state index in [9.17, 15) is 4.39 Å². The Morgan fingerprint density at radius 1 is 1.26 bits per heavy atom. The Bertz CT molecular complexity index is 403. The second kappa shape index (κ2) is 6.49. The SMILES string of the molecule is CCC(N)C(c1ccccc1F)N(C)C(C)(C)CC. The third-order valence-electron chi connectivity index (χ3n) is 4.34. The largest absolute Gasteiger partial charge is 0.326 e. The van der Waals surface area contributed by atoms with Crippen molar-refractivity contribution in [2.45, 2.75) is 58.2 Å². The lowest BCUT2D eigenvalue weighted by Crippen LogP contribution is -2.49. The van der Waals surface area contributed by atoms with Crippen molar-refractivity contribution in [2.75, 3.05) is 7.05 Å². The zero-order valence-corrected chi connectivity index (χ0v) is 12.8. The summed E-state index contributed by atoms with van der Waals surface area (Å²) in [7, 11) is 2.04. The van der Waals surface area contributed by atoms with E-state index in [-0.39, 0.29) is 23.4 Å². The molecule has 0 aliphatic carbocycles. The molecular formula is C16H27FN2. The van der Waals surface area contributed by atoms with E-state index < -0.39 is 0 Å². The van der Waals surface area contributed by atoms with Crippen LogP contribution in [-0.2, 0) is 0 Å². The van der Waals surface area contributed by atoms with E-state index in [1.807, 2.05) is 26.1 Å². The molecule has 19 heavy (non-hydrogen) atoms. The molecule has 2 unspecified atom stereocenters. The van der Waals surface area contributed by atoms with Crippen LogP contribution >= 0.6 is 0 Å². The molecule has 1 aromatic rings. The van der Waals surface area contributed by atoms with Gasteiger partial charge in [-0.1, -0.05) is 32.0 Å². The molecule has 2 N–H and O–H groups in total. The van der Waals surface area contributed by atoms with E-state index >= 15 is 0 Å².